The van der Waals surface area contributed by atoms with Crippen LogP contribution >= 0.6 is 23.5 Å². The van der Waals surface area contributed by atoms with Gasteiger partial charge in [0.2, 0.25) is 0 Å². The quantitative estimate of drug-likeness (QED) is 0.788. The van der Waals surface area contributed by atoms with Crippen LogP contribution in [0.15, 0.2) is 0 Å². The molecule has 0 amide bonds. The summed E-state index contributed by atoms with van der Waals surface area (Å²) in [4.78, 5) is 0. The van der Waals surface area contributed by atoms with E-state index in [9.17, 15) is 0 Å². The second-order valence-electron chi connectivity index (χ2n) is 4.84. The van der Waals surface area contributed by atoms with E-state index in [0.717, 1.165) is 31.6 Å². The second-order valence-corrected chi connectivity index (χ2v) is 7.40. The van der Waals surface area contributed by atoms with E-state index in [0.29, 0.717) is 12.1 Å². The molecule has 2 rings (SSSR count). The summed E-state index contributed by atoms with van der Waals surface area (Å²) in [6.07, 6.45) is 1.17. The van der Waals surface area contributed by atoms with Crippen molar-refractivity contribution in [3.8, 4) is 0 Å². The third-order valence-corrected chi connectivity index (χ3v) is 6.06. The zero-order valence-corrected chi connectivity index (χ0v) is 12.2. The highest BCUT2D eigenvalue weighted by Gasteiger charge is 2.18. The lowest BCUT2D eigenvalue weighted by Gasteiger charge is -2.28. The Bertz CT molecular complexity index is 207. The van der Waals surface area contributed by atoms with Gasteiger partial charge >= 0.3 is 0 Å². The monoisotopic (exact) mass is 276 g/mol. The number of nitrogens with one attached hydrogen (secondary N) is 2. The molecule has 2 heterocycles. The van der Waals surface area contributed by atoms with Gasteiger partial charge in [-0.05, 0) is 13.3 Å². The number of hydrogen-bond donors (Lipinski definition) is 2. The predicted octanol–water partition coefficient (Wildman–Crippen LogP) is 1.19. The standard InChI is InChI=1S/C12H24N2OS2/c1-10(6-11-8-15-3-2-13-11)14-7-12-9-16-4-5-17-12/h10-14H,2-9H2,1H3. The second kappa shape index (κ2) is 7.89. The Morgan fingerprint density at radius 1 is 1.47 bits per heavy atom. The van der Waals surface area contributed by atoms with E-state index in [-0.39, 0.29) is 0 Å². The topological polar surface area (TPSA) is 33.3 Å². The van der Waals surface area contributed by atoms with Crippen LogP contribution in [0.25, 0.3) is 0 Å². The van der Waals surface area contributed by atoms with Gasteiger partial charge < -0.3 is 15.4 Å². The highest BCUT2D eigenvalue weighted by atomic mass is 32.2. The van der Waals surface area contributed by atoms with E-state index < -0.39 is 0 Å². The molecule has 2 aliphatic rings. The molecule has 2 N–H and O–H groups in total. The number of thioether (sulfide) groups is 2. The molecule has 0 aromatic heterocycles. The lowest BCUT2D eigenvalue weighted by Crippen LogP contribution is -2.46. The van der Waals surface area contributed by atoms with Crippen molar-refractivity contribution in [2.45, 2.75) is 30.7 Å². The average molecular weight is 276 g/mol. The minimum absolute atomic E-state index is 0.541. The summed E-state index contributed by atoms with van der Waals surface area (Å²) in [5.41, 5.74) is 0. The van der Waals surface area contributed by atoms with E-state index in [1.54, 1.807) is 0 Å². The molecule has 17 heavy (non-hydrogen) atoms. The predicted molar refractivity (Wildman–Crippen MR) is 78.3 cm³/mol. The molecule has 0 radical (unpaired) electrons. The van der Waals surface area contributed by atoms with Crippen molar-refractivity contribution in [2.24, 2.45) is 0 Å². The Hall–Kier alpha value is 0.580. The minimum Gasteiger partial charge on any atom is -0.379 e. The maximum Gasteiger partial charge on any atom is 0.0620 e. The smallest absolute Gasteiger partial charge is 0.0620 e. The van der Waals surface area contributed by atoms with Gasteiger partial charge in [0.25, 0.3) is 0 Å². The Balaban J connectivity index is 1.57. The maximum absolute atomic E-state index is 5.48. The van der Waals surface area contributed by atoms with E-state index >= 15 is 0 Å². The highest BCUT2D eigenvalue weighted by Crippen LogP contribution is 2.23. The summed E-state index contributed by atoms with van der Waals surface area (Å²) in [5, 5.41) is 8.00. The van der Waals surface area contributed by atoms with Gasteiger partial charge in [-0.2, -0.15) is 23.5 Å². The Kier molecular flexibility index (Phi) is 6.50. The lowest BCUT2D eigenvalue weighted by atomic mass is 10.1. The Morgan fingerprint density at radius 2 is 2.41 bits per heavy atom. The Morgan fingerprint density at radius 3 is 3.12 bits per heavy atom. The number of ether oxygens (including phenoxy) is 1. The van der Waals surface area contributed by atoms with E-state index in [2.05, 4.69) is 41.1 Å². The van der Waals surface area contributed by atoms with Crippen LogP contribution in [-0.2, 0) is 4.74 Å². The van der Waals surface area contributed by atoms with Gasteiger partial charge in [0.1, 0.15) is 0 Å². The van der Waals surface area contributed by atoms with Crippen LogP contribution < -0.4 is 10.6 Å². The Labute approximate surface area is 113 Å². The van der Waals surface area contributed by atoms with Gasteiger partial charge in [0.15, 0.2) is 0 Å². The molecule has 0 spiro atoms. The van der Waals surface area contributed by atoms with Crippen LogP contribution in [0.1, 0.15) is 13.3 Å². The third kappa shape index (κ3) is 5.39. The maximum atomic E-state index is 5.48. The first-order chi connectivity index (χ1) is 8.34. The van der Waals surface area contributed by atoms with Gasteiger partial charge in [-0.3, -0.25) is 0 Å². The van der Waals surface area contributed by atoms with Crippen molar-refractivity contribution < 1.29 is 4.74 Å². The van der Waals surface area contributed by atoms with Gasteiger partial charge in [-0.1, -0.05) is 0 Å². The van der Waals surface area contributed by atoms with Gasteiger partial charge in [-0.15, -0.1) is 0 Å². The summed E-state index contributed by atoms with van der Waals surface area (Å²) in [6, 6.07) is 1.13. The summed E-state index contributed by atoms with van der Waals surface area (Å²) in [7, 11) is 0. The molecule has 3 nitrogen and oxygen atoms in total. The fourth-order valence-corrected chi connectivity index (χ4v) is 4.89. The van der Waals surface area contributed by atoms with Crippen LogP contribution in [0, 0.1) is 0 Å². The third-order valence-electron chi connectivity index (χ3n) is 3.22. The van der Waals surface area contributed by atoms with E-state index in [1.807, 2.05) is 0 Å². The molecule has 0 aromatic carbocycles. The zero-order chi connectivity index (χ0) is 11.9. The first kappa shape index (κ1) is 14.0. The zero-order valence-electron chi connectivity index (χ0n) is 10.6. The van der Waals surface area contributed by atoms with Gasteiger partial charge in [-0.25, -0.2) is 0 Å². The fourth-order valence-electron chi connectivity index (χ4n) is 2.27. The van der Waals surface area contributed by atoms with Crippen LogP contribution in [0.5, 0.6) is 0 Å². The lowest BCUT2D eigenvalue weighted by molar-refractivity contribution is 0.0713. The largest absolute Gasteiger partial charge is 0.379 e. The average Bonchev–Trinajstić information content (AvgIpc) is 2.39. The number of hydrogen-bond acceptors (Lipinski definition) is 5. The summed E-state index contributed by atoms with van der Waals surface area (Å²) < 4.78 is 5.48. The summed E-state index contributed by atoms with van der Waals surface area (Å²) >= 11 is 4.22. The first-order valence-electron chi connectivity index (χ1n) is 6.58. The van der Waals surface area contributed by atoms with Crippen molar-refractivity contribution >= 4 is 23.5 Å². The summed E-state index contributed by atoms with van der Waals surface area (Å²) in [5.74, 6) is 3.97. The van der Waals surface area contributed by atoms with Crippen molar-refractivity contribution in [3.05, 3.63) is 0 Å². The molecule has 2 saturated heterocycles. The molecule has 2 aliphatic heterocycles. The first-order valence-corrected chi connectivity index (χ1v) is 8.79. The van der Waals surface area contributed by atoms with E-state index in [4.69, 9.17) is 4.74 Å². The van der Waals surface area contributed by atoms with Crippen LogP contribution in [-0.4, -0.2) is 60.9 Å². The van der Waals surface area contributed by atoms with Crippen LogP contribution in [0.2, 0.25) is 0 Å². The molecular weight excluding hydrogens is 252 g/mol. The van der Waals surface area contributed by atoms with Gasteiger partial charge in [0.05, 0.1) is 13.2 Å². The molecule has 0 bridgehead atoms. The molecule has 3 atom stereocenters. The number of morpholine rings is 1. The minimum atomic E-state index is 0.541. The van der Waals surface area contributed by atoms with Crippen LogP contribution in [0.3, 0.4) is 0 Å². The SMILES string of the molecule is CC(CC1COCCN1)NCC1CSCCS1. The van der Waals surface area contributed by atoms with Crippen molar-refractivity contribution in [3.63, 3.8) is 0 Å². The van der Waals surface area contributed by atoms with E-state index in [1.165, 1.54) is 23.7 Å². The molecule has 2 fully saturated rings. The van der Waals surface area contributed by atoms with Gasteiger partial charge in [0, 0.05) is 47.7 Å². The molecule has 0 aliphatic carbocycles. The normalized spacial score (nSPS) is 32.3. The molecule has 0 aromatic rings. The molecule has 100 valence electrons. The van der Waals surface area contributed by atoms with Crippen molar-refractivity contribution in [1.29, 1.82) is 0 Å². The molecule has 3 unspecified atom stereocenters. The summed E-state index contributed by atoms with van der Waals surface area (Å²) in [6.45, 7) is 6.20. The highest BCUT2D eigenvalue weighted by molar-refractivity contribution is 8.06. The van der Waals surface area contributed by atoms with Crippen molar-refractivity contribution in [2.75, 3.05) is 43.6 Å². The molecule has 5 heteroatoms. The number of rotatable bonds is 5. The molecular formula is C12H24N2OS2. The molecule has 0 saturated carbocycles. The van der Waals surface area contributed by atoms with Crippen molar-refractivity contribution in [1.82, 2.24) is 10.6 Å². The van der Waals surface area contributed by atoms with Crippen LogP contribution in [0.4, 0.5) is 0 Å². The fraction of sp³-hybridized carbons (Fsp3) is 1.00.